The number of piperazine rings is 1. The molecule has 1 saturated heterocycles. The van der Waals surface area contributed by atoms with Crippen molar-refractivity contribution in [1.82, 2.24) is 9.88 Å². The van der Waals surface area contributed by atoms with Gasteiger partial charge in [0.15, 0.2) is 15.0 Å². The van der Waals surface area contributed by atoms with Crippen LogP contribution in [0.4, 0.5) is 5.13 Å². The number of carbonyl (C=O) groups is 1. The number of benzene rings is 2. The number of hydrogen-bond donors (Lipinski definition) is 0. The number of carbonyl (C=O) groups excluding carboxylic acids is 1. The Kier molecular flexibility index (Phi) is 5.98. The molecular weight excluding hydrogens is 454 g/mol. The van der Waals surface area contributed by atoms with Gasteiger partial charge in [-0.15, -0.1) is 0 Å². The minimum Gasteiger partial charge on any atom is -0.345 e. The second kappa shape index (κ2) is 8.41. The van der Waals surface area contributed by atoms with Crippen LogP contribution in [0.2, 0.25) is 5.02 Å². The molecule has 164 valence electrons. The molecule has 9 heteroatoms. The van der Waals surface area contributed by atoms with Crippen LogP contribution in [0, 0.1) is 6.92 Å². The molecule has 31 heavy (non-hydrogen) atoms. The van der Waals surface area contributed by atoms with Crippen molar-refractivity contribution in [2.75, 3.05) is 31.1 Å². The summed E-state index contributed by atoms with van der Waals surface area (Å²) in [5.41, 5.74) is 2.31. The average Bonchev–Trinajstić information content (AvgIpc) is 3.21. The van der Waals surface area contributed by atoms with Crippen LogP contribution in [0.1, 0.15) is 29.8 Å². The molecule has 0 atom stereocenters. The second-order valence-electron chi connectivity index (χ2n) is 7.92. The maximum atomic E-state index is 13.0. The number of nitrogens with zero attached hydrogens (tertiary/aromatic N) is 3. The van der Waals surface area contributed by atoms with E-state index in [0.717, 1.165) is 20.9 Å². The summed E-state index contributed by atoms with van der Waals surface area (Å²) in [7, 11) is -3.42. The summed E-state index contributed by atoms with van der Waals surface area (Å²) < 4.78 is 26.0. The number of fused-ring (bicyclic) bond motifs is 1. The number of sulfone groups is 1. The van der Waals surface area contributed by atoms with Crippen molar-refractivity contribution in [3.05, 3.63) is 52.5 Å². The number of hydrogen-bond acceptors (Lipinski definition) is 6. The number of aryl methyl sites for hydroxylation is 1. The van der Waals surface area contributed by atoms with Gasteiger partial charge in [-0.1, -0.05) is 29.0 Å². The van der Waals surface area contributed by atoms with Crippen molar-refractivity contribution in [2.24, 2.45) is 0 Å². The molecule has 0 N–H and O–H groups in total. The molecule has 0 unspecified atom stereocenters. The van der Waals surface area contributed by atoms with E-state index in [2.05, 4.69) is 4.90 Å². The molecule has 1 aromatic heterocycles. The van der Waals surface area contributed by atoms with Crippen LogP contribution in [-0.4, -0.2) is 55.6 Å². The first-order valence-electron chi connectivity index (χ1n) is 10.1. The number of anilines is 1. The largest absolute Gasteiger partial charge is 0.345 e. The van der Waals surface area contributed by atoms with Crippen LogP contribution >= 0.6 is 22.9 Å². The first kappa shape index (κ1) is 22.0. The molecular formula is C22H24ClN3O3S2. The first-order chi connectivity index (χ1) is 14.7. The Labute approximate surface area is 191 Å². The molecule has 0 bridgehead atoms. The first-order valence-corrected chi connectivity index (χ1v) is 12.9. The lowest BCUT2D eigenvalue weighted by molar-refractivity contribution is 0.0746. The molecule has 0 aliphatic carbocycles. The Balaban J connectivity index is 1.48. The quantitative estimate of drug-likeness (QED) is 0.557. The van der Waals surface area contributed by atoms with Crippen molar-refractivity contribution >= 4 is 54.0 Å². The summed E-state index contributed by atoms with van der Waals surface area (Å²) in [6.45, 7) is 7.69. The van der Waals surface area contributed by atoms with Gasteiger partial charge in [-0.3, -0.25) is 4.79 Å². The third-order valence-electron chi connectivity index (χ3n) is 5.60. The predicted molar refractivity (Wildman–Crippen MR) is 126 cm³/mol. The van der Waals surface area contributed by atoms with Crippen LogP contribution in [0.5, 0.6) is 0 Å². The Morgan fingerprint density at radius 2 is 1.84 bits per heavy atom. The number of amides is 1. The summed E-state index contributed by atoms with van der Waals surface area (Å²) in [5.74, 6) is -0.146. The van der Waals surface area contributed by atoms with Gasteiger partial charge in [0, 0.05) is 36.8 Å². The summed E-state index contributed by atoms with van der Waals surface area (Å²) in [4.78, 5) is 21.9. The van der Waals surface area contributed by atoms with Gasteiger partial charge in [0.1, 0.15) is 0 Å². The van der Waals surface area contributed by atoms with Crippen molar-refractivity contribution in [3.63, 3.8) is 0 Å². The zero-order valence-corrected chi connectivity index (χ0v) is 20.0. The molecule has 1 aliphatic rings. The van der Waals surface area contributed by atoms with Crippen molar-refractivity contribution in [3.8, 4) is 0 Å². The van der Waals surface area contributed by atoms with Crippen LogP contribution < -0.4 is 4.90 Å². The monoisotopic (exact) mass is 477 g/mol. The third kappa shape index (κ3) is 4.16. The minimum atomic E-state index is -3.42. The lowest BCUT2D eigenvalue weighted by atomic mass is 10.2. The van der Waals surface area contributed by atoms with E-state index in [1.165, 1.54) is 6.07 Å². The summed E-state index contributed by atoms with van der Waals surface area (Å²) >= 11 is 7.85. The fraction of sp³-hybridized carbons (Fsp3) is 0.364. The number of rotatable bonds is 4. The smallest absolute Gasteiger partial charge is 0.254 e. The Bertz CT molecular complexity index is 1250. The highest BCUT2D eigenvalue weighted by molar-refractivity contribution is 7.92. The van der Waals surface area contributed by atoms with Gasteiger partial charge in [0.05, 0.1) is 20.4 Å². The van der Waals surface area contributed by atoms with Crippen LogP contribution in [0.3, 0.4) is 0 Å². The van der Waals surface area contributed by atoms with Gasteiger partial charge in [0.2, 0.25) is 0 Å². The van der Waals surface area contributed by atoms with Gasteiger partial charge < -0.3 is 9.80 Å². The van der Waals surface area contributed by atoms with Gasteiger partial charge >= 0.3 is 0 Å². The van der Waals surface area contributed by atoms with Gasteiger partial charge in [-0.25, -0.2) is 13.4 Å². The van der Waals surface area contributed by atoms with E-state index >= 15 is 0 Å². The number of thiazole rings is 1. The van der Waals surface area contributed by atoms with Crippen molar-refractivity contribution in [1.29, 1.82) is 0 Å². The van der Waals surface area contributed by atoms with E-state index < -0.39 is 15.1 Å². The SMILES string of the molecule is Cc1c(Cl)ccc2sc(N3CCN(C(=O)c4cccc(S(=O)(=O)C(C)C)c4)CC3)nc12. The predicted octanol–water partition coefficient (Wildman–Crippen LogP) is 4.40. The van der Waals surface area contributed by atoms with Gasteiger partial charge in [-0.05, 0) is 56.7 Å². The summed E-state index contributed by atoms with van der Waals surface area (Å²) in [6, 6.07) is 10.2. The number of halogens is 1. The third-order valence-corrected chi connectivity index (χ3v) is 9.25. The Morgan fingerprint density at radius 3 is 2.52 bits per heavy atom. The van der Waals surface area contributed by atoms with E-state index in [-0.39, 0.29) is 10.8 Å². The highest BCUT2D eigenvalue weighted by atomic mass is 35.5. The molecule has 6 nitrogen and oxygen atoms in total. The molecule has 1 fully saturated rings. The molecule has 2 heterocycles. The van der Waals surface area contributed by atoms with E-state index in [9.17, 15) is 13.2 Å². The van der Waals surface area contributed by atoms with E-state index in [1.807, 2.05) is 19.1 Å². The van der Waals surface area contributed by atoms with Crippen molar-refractivity contribution in [2.45, 2.75) is 30.9 Å². The standard InChI is InChI=1S/C22H24ClN3O3S2/c1-14(2)31(28,29)17-6-4-5-16(13-17)21(27)25-9-11-26(12-10-25)22-24-20-15(3)18(23)7-8-19(20)30-22/h4-8,13-14H,9-12H2,1-3H3. The van der Waals surface area contributed by atoms with Crippen LogP contribution in [0.15, 0.2) is 41.3 Å². The molecule has 4 rings (SSSR count). The van der Waals surface area contributed by atoms with Gasteiger partial charge in [0.25, 0.3) is 5.91 Å². The Morgan fingerprint density at radius 1 is 1.13 bits per heavy atom. The average molecular weight is 478 g/mol. The zero-order valence-electron chi connectivity index (χ0n) is 17.6. The summed E-state index contributed by atoms with van der Waals surface area (Å²) in [6.07, 6.45) is 0. The topological polar surface area (TPSA) is 70.6 Å². The van der Waals surface area contributed by atoms with E-state index in [1.54, 1.807) is 48.3 Å². The molecule has 1 aliphatic heterocycles. The fourth-order valence-electron chi connectivity index (χ4n) is 3.59. The van der Waals surface area contributed by atoms with E-state index in [0.29, 0.717) is 36.8 Å². The molecule has 2 aromatic carbocycles. The van der Waals surface area contributed by atoms with Crippen LogP contribution in [-0.2, 0) is 9.84 Å². The van der Waals surface area contributed by atoms with Crippen molar-refractivity contribution < 1.29 is 13.2 Å². The molecule has 0 saturated carbocycles. The summed E-state index contributed by atoms with van der Waals surface area (Å²) in [5, 5.41) is 1.10. The molecule has 0 radical (unpaired) electrons. The maximum absolute atomic E-state index is 13.0. The minimum absolute atomic E-state index is 0.146. The number of aromatic nitrogens is 1. The normalized spacial score (nSPS) is 15.1. The molecule has 1 amide bonds. The van der Waals surface area contributed by atoms with Crippen LogP contribution in [0.25, 0.3) is 10.2 Å². The Hall–Kier alpha value is -2.16. The fourth-order valence-corrected chi connectivity index (χ4v) is 5.92. The van der Waals surface area contributed by atoms with Gasteiger partial charge in [-0.2, -0.15) is 0 Å². The lowest BCUT2D eigenvalue weighted by Crippen LogP contribution is -2.48. The molecule has 0 spiro atoms. The maximum Gasteiger partial charge on any atom is 0.254 e. The second-order valence-corrected chi connectivity index (χ2v) is 11.8. The highest BCUT2D eigenvalue weighted by Crippen LogP contribution is 2.34. The lowest BCUT2D eigenvalue weighted by Gasteiger charge is -2.34. The zero-order chi connectivity index (χ0) is 22.3. The highest BCUT2D eigenvalue weighted by Gasteiger charge is 2.26. The molecule has 3 aromatic rings. The van der Waals surface area contributed by atoms with E-state index in [4.69, 9.17) is 16.6 Å².